The van der Waals surface area contributed by atoms with Crippen LogP contribution in [0.4, 0.5) is 5.13 Å². The summed E-state index contributed by atoms with van der Waals surface area (Å²) in [6.45, 7) is 0.273. The summed E-state index contributed by atoms with van der Waals surface area (Å²) < 4.78 is 5.11. The molecule has 3 aromatic rings. The van der Waals surface area contributed by atoms with Crippen LogP contribution in [0.5, 0.6) is 5.75 Å². The fourth-order valence-corrected chi connectivity index (χ4v) is 4.97. The second-order valence-electron chi connectivity index (χ2n) is 7.91. The quantitative estimate of drug-likeness (QED) is 0.455. The highest BCUT2D eigenvalue weighted by Crippen LogP contribution is 2.29. The number of methoxy groups -OCH3 is 1. The van der Waals surface area contributed by atoms with Crippen molar-refractivity contribution < 1.29 is 14.3 Å². The summed E-state index contributed by atoms with van der Waals surface area (Å²) in [6, 6.07) is 12.2. The predicted octanol–water partition coefficient (Wildman–Crippen LogP) is 4.19. The molecule has 0 fully saturated rings. The van der Waals surface area contributed by atoms with Gasteiger partial charge in [-0.1, -0.05) is 23.7 Å². The standard InChI is InChI=1S/C24H25ClN4O3S/c1-32-20-9-5-16(12-18(20)25)22(30)27-13-14-3-2-4-15(11-14)23(31)29-24-28-19-8-6-17(26)7-10-21(19)33-24/h2-5,9,11-12,17H,6-8,10,13,26H2,1H3,(H,27,30)(H,28,29,31). The molecule has 0 radical (unpaired) electrons. The number of nitrogens with one attached hydrogen (secondary N) is 2. The van der Waals surface area contributed by atoms with Crippen molar-refractivity contribution in [3.63, 3.8) is 0 Å². The van der Waals surface area contributed by atoms with Gasteiger partial charge in [-0.15, -0.1) is 11.3 Å². The van der Waals surface area contributed by atoms with Crippen LogP contribution in [0.25, 0.3) is 0 Å². The van der Waals surface area contributed by atoms with Gasteiger partial charge in [0.25, 0.3) is 11.8 Å². The molecule has 1 aliphatic rings. The smallest absolute Gasteiger partial charge is 0.257 e. The van der Waals surface area contributed by atoms with Gasteiger partial charge in [-0.3, -0.25) is 14.9 Å². The predicted molar refractivity (Wildman–Crippen MR) is 130 cm³/mol. The van der Waals surface area contributed by atoms with Crippen molar-refractivity contribution in [1.29, 1.82) is 0 Å². The normalized spacial score (nSPS) is 15.3. The number of fused-ring (bicyclic) bond motifs is 1. The van der Waals surface area contributed by atoms with Gasteiger partial charge in [0, 0.05) is 28.6 Å². The second kappa shape index (κ2) is 10.3. The summed E-state index contributed by atoms with van der Waals surface area (Å²) >= 11 is 7.62. The molecular formula is C24H25ClN4O3S. The number of amides is 2. The number of rotatable bonds is 6. The van der Waals surface area contributed by atoms with Gasteiger partial charge in [-0.2, -0.15) is 0 Å². The maximum atomic E-state index is 12.8. The first kappa shape index (κ1) is 23.2. The molecule has 0 saturated heterocycles. The number of halogens is 1. The average molecular weight is 485 g/mol. The van der Waals surface area contributed by atoms with E-state index in [0.717, 1.165) is 36.9 Å². The number of nitrogens with zero attached hydrogens (tertiary/aromatic N) is 1. The van der Waals surface area contributed by atoms with Gasteiger partial charge in [-0.05, 0) is 61.6 Å². The van der Waals surface area contributed by atoms with Crippen molar-refractivity contribution in [3.05, 3.63) is 74.7 Å². The van der Waals surface area contributed by atoms with Crippen LogP contribution in [-0.2, 0) is 19.4 Å². The summed E-state index contributed by atoms with van der Waals surface area (Å²) in [6.07, 6.45) is 3.61. The molecule has 9 heteroatoms. The van der Waals surface area contributed by atoms with Gasteiger partial charge in [0.2, 0.25) is 0 Å². The summed E-state index contributed by atoms with van der Waals surface area (Å²) in [5, 5.41) is 6.73. The van der Waals surface area contributed by atoms with Crippen molar-refractivity contribution >= 4 is 39.9 Å². The van der Waals surface area contributed by atoms with E-state index >= 15 is 0 Å². The first-order valence-corrected chi connectivity index (χ1v) is 11.9. The lowest BCUT2D eigenvalue weighted by Gasteiger charge is -2.09. The number of thiazole rings is 1. The van der Waals surface area contributed by atoms with Gasteiger partial charge in [0.05, 0.1) is 17.8 Å². The Balaban J connectivity index is 1.37. The fraction of sp³-hybridized carbons (Fsp3) is 0.292. The third-order valence-electron chi connectivity index (χ3n) is 5.55. The number of aryl methyl sites for hydroxylation is 2. The second-order valence-corrected chi connectivity index (χ2v) is 9.40. The molecule has 1 aliphatic carbocycles. The fourth-order valence-electron chi connectivity index (χ4n) is 3.69. The molecule has 33 heavy (non-hydrogen) atoms. The Kier molecular flexibility index (Phi) is 7.27. The van der Waals surface area contributed by atoms with E-state index in [0.29, 0.717) is 27.0 Å². The van der Waals surface area contributed by atoms with E-state index in [1.807, 2.05) is 6.07 Å². The molecule has 1 unspecified atom stereocenters. The van der Waals surface area contributed by atoms with Crippen molar-refractivity contribution in [2.75, 3.05) is 12.4 Å². The molecule has 172 valence electrons. The molecule has 4 rings (SSSR count). The van der Waals surface area contributed by atoms with E-state index in [-0.39, 0.29) is 24.4 Å². The van der Waals surface area contributed by atoms with Gasteiger partial charge >= 0.3 is 0 Å². The van der Waals surface area contributed by atoms with Gasteiger partial charge < -0.3 is 15.8 Å². The van der Waals surface area contributed by atoms with E-state index in [9.17, 15) is 9.59 Å². The maximum absolute atomic E-state index is 12.8. The average Bonchev–Trinajstić information content (AvgIpc) is 3.12. The van der Waals surface area contributed by atoms with Crippen LogP contribution in [0.1, 0.15) is 49.7 Å². The topological polar surface area (TPSA) is 106 Å². The number of carbonyl (C=O) groups excluding carboxylic acids is 2. The highest BCUT2D eigenvalue weighted by Gasteiger charge is 2.19. The van der Waals surface area contributed by atoms with Crippen molar-refractivity contribution in [2.24, 2.45) is 5.73 Å². The van der Waals surface area contributed by atoms with Gasteiger partial charge in [-0.25, -0.2) is 4.98 Å². The number of hydrogen-bond acceptors (Lipinski definition) is 6. The first-order valence-electron chi connectivity index (χ1n) is 10.7. The minimum atomic E-state index is -0.265. The maximum Gasteiger partial charge on any atom is 0.257 e. The number of nitrogens with two attached hydrogens (primary N) is 1. The summed E-state index contributed by atoms with van der Waals surface area (Å²) in [5.74, 6) is 0.0104. The minimum absolute atomic E-state index is 0.217. The lowest BCUT2D eigenvalue weighted by Crippen LogP contribution is -2.23. The monoisotopic (exact) mass is 484 g/mol. The third kappa shape index (κ3) is 5.71. The van der Waals surface area contributed by atoms with Crippen molar-refractivity contribution in [2.45, 2.75) is 38.3 Å². The zero-order chi connectivity index (χ0) is 23.4. The molecule has 0 saturated carbocycles. The first-order chi connectivity index (χ1) is 15.9. The lowest BCUT2D eigenvalue weighted by atomic mass is 10.1. The molecule has 1 atom stereocenters. The molecule has 2 aromatic carbocycles. The molecule has 1 heterocycles. The Labute approximate surface area is 201 Å². The Morgan fingerprint density at radius 2 is 1.94 bits per heavy atom. The van der Waals surface area contributed by atoms with Gasteiger partial charge in [0.1, 0.15) is 5.75 Å². The molecule has 0 spiro atoms. The Morgan fingerprint density at radius 1 is 1.15 bits per heavy atom. The van der Waals surface area contributed by atoms with Crippen LogP contribution in [0.2, 0.25) is 5.02 Å². The molecule has 7 nitrogen and oxygen atoms in total. The van der Waals surface area contributed by atoms with Crippen molar-refractivity contribution in [3.8, 4) is 5.75 Å². The van der Waals surface area contributed by atoms with Crippen LogP contribution in [0.15, 0.2) is 42.5 Å². The molecule has 0 aliphatic heterocycles. The molecule has 1 aromatic heterocycles. The highest BCUT2D eigenvalue weighted by atomic mass is 35.5. The van der Waals surface area contributed by atoms with Gasteiger partial charge in [0.15, 0.2) is 5.13 Å². The van der Waals surface area contributed by atoms with Crippen LogP contribution in [0, 0.1) is 0 Å². The van der Waals surface area contributed by atoms with E-state index in [2.05, 4.69) is 15.6 Å². The van der Waals surface area contributed by atoms with Crippen LogP contribution >= 0.6 is 22.9 Å². The zero-order valence-electron chi connectivity index (χ0n) is 18.2. The van der Waals surface area contributed by atoms with Crippen LogP contribution in [-0.4, -0.2) is 29.9 Å². The zero-order valence-corrected chi connectivity index (χ0v) is 19.8. The summed E-state index contributed by atoms with van der Waals surface area (Å²) in [4.78, 5) is 31.0. The van der Waals surface area contributed by atoms with Crippen LogP contribution < -0.4 is 21.1 Å². The number of carbonyl (C=O) groups is 2. The molecular weight excluding hydrogens is 460 g/mol. The molecule has 2 amide bonds. The van der Waals surface area contributed by atoms with E-state index < -0.39 is 0 Å². The lowest BCUT2D eigenvalue weighted by molar-refractivity contribution is 0.0950. The number of aromatic nitrogens is 1. The largest absolute Gasteiger partial charge is 0.495 e. The van der Waals surface area contributed by atoms with Crippen molar-refractivity contribution in [1.82, 2.24) is 10.3 Å². The summed E-state index contributed by atoms with van der Waals surface area (Å²) in [5.41, 5.74) is 8.82. The number of hydrogen-bond donors (Lipinski definition) is 3. The molecule has 4 N–H and O–H groups in total. The Hall–Kier alpha value is -2.94. The van der Waals surface area contributed by atoms with E-state index in [1.165, 1.54) is 23.3 Å². The molecule has 0 bridgehead atoms. The Morgan fingerprint density at radius 3 is 2.73 bits per heavy atom. The summed E-state index contributed by atoms with van der Waals surface area (Å²) in [7, 11) is 1.52. The Bertz CT molecular complexity index is 1150. The highest BCUT2D eigenvalue weighted by molar-refractivity contribution is 7.15. The number of anilines is 1. The third-order valence-corrected chi connectivity index (χ3v) is 6.92. The SMILES string of the molecule is COc1ccc(C(=O)NCc2cccc(C(=O)Nc3nc4c(s3)CCC(N)CC4)c2)cc1Cl. The number of ether oxygens (including phenoxy) is 1. The van der Waals surface area contributed by atoms with E-state index in [4.69, 9.17) is 22.1 Å². The van der Waals surface area contributed by atoms with E-state index in [1.54, 1.807) is 36.4 Å². The minimum Gasteiger partial charge on any atom is -0.495 e. The van der Waals surface area contributed by atoms with Crippen LogP contribution in [0.3, 0.4) is 0 Å². The number of benzene rings is 2.